The lowest BCUT2D eigenvalue weighted by Gasteiger charge is -2.12. The molecule has 3 aromatic rings. The van der Waals surface area contributed by atoms with Crippen molar-refractivity contribution < 1.29 is 22.8 Å². The van der Waals surface area contributed by atoms with Crippen molar-refractivity contribution in [1.29, 1.82) is 0 Å². The minimum Gasteiger partial charge on any atom is -0.383 e. The van der Waals surface area contributed by atoms with Gasteiger partial charge < -0.3 is 16.4 Å². The van der Waals surface area contributed by atoms with Crippen LogP contribution in [0.4, 0.5) is 24.8 Å². The second-order valence-electron chi connectivity index (χ2n) is 6.18. The summed E-state index contributed by atoms with van der Waals surface area (Å²) in [5.41, 5.74) is 4.53. The number of aromatic nitrogens is 4. The Balaban J connectivity index is 1.70. The van der Waals surface area contributed by atoms with Gasteiger partial charge in [0.1, 0.15) is 33.5 Å². The molecule has 168 valence electrons. The van der Waals surface area contributed by atoms with E-state index in [-0.39, 0.29) is 26.7 Å². The largest absolute Gasteiger partial charge is 0.418 e. The topological polar surface area (TPSA) is 136 Å². The maximum absolute atomic E-state index is 13.0. The van der Waals surface area contributed by atoms with E-state index in [9.17, 15) is 22.8 Å². The summed E-state index contributed by atoms with van der Waals surface area (Å²) in [6, 6.07) is 0.0265. The number of nitrogens with one attached hydrogen (secondary N) is 2. The molecule has 1 atom stereocenters. The van der Waals surface area contributed by atoms with Crippen LogP contribution in [0.5, 0.6) is 0 Å². The first kappa shape index (κ1) is 23.8. The van der Waals surface area contributed by atoms with Gasteiger partial charge in [0.25, 0.3) is 11.8 Å². The average Bonchev–Trinajstić information content (AvgIpc) is 3.21. The van der Waals surface area contributed by atoms with Crippen LogP contribution >= 0.6 is 38.9 Å². The highest BCUT2D eigenvalue weighted by molar-refractivity contribution is 9.10. The second kappa shape index (κ2) is 9.34. The van der Waals surface area contributed by atoms with Gasteiger partial charge in [-0.05, 0) is 28.9 Å². The van der Waals surface area contributed by atoms with Crippen LogP contribution in [0.3, 0.4) is 0 Å². The standard InChI is InChI=1S/C17H12BrClF3N7O2S/c1-6(28-15(31)12-11(18)13(23)27-5-26-12)16-25-4-9(32-16)14(30)29-10-2-7(17(20,21)22)8(19)3-24-10/h2-6H,1H3,(H,28,31)(H2,23,26,27)(H,24,29,30). The lowest BCUT2D eigenvalue weighted by atomic mass is 10.2. The van der Waals surface area contributed by atoms with E-state index in [0.717, 1.165) is 23.9 Å². The molecule has 0 spiro atoms. The van der Waals surface area contributed by atoms with Gasteiger partial charge in [-0.2, -0.15) is 13.2 Å². The van der Waals surface area contributed by atoms with Crippen molar-refractivity contribution in [2.75, 3.05) is 11.1 Å². The molecule has 0 saturated carbocycles. The lowest BCUT2D eigenvalue weighted by Crippen LogP contribution is -2.28. The summed E-state index contributed by atoms with van der Waals surface area (Å²) in [6.07, 6.45) is -1.53. The number of amides is 2. The second-order valence-corrected chi connectivity index (χ2v) is 8.44. The zero-order valence-electron chi connectivity index (χ0n) is 15.9. The third kappa shape index (κ3) is 5.31. The Bertz CT molecular complexity index is 1190. The lowest BCUT2D eigenvalue weighted by molar-refractivity contribution is -0.137. The monoisotopic (exact) mass is 549 g/mol. The predicted molar refractivity (Wildman–Crippen MR) is 114 cm³/mol. The van der Waals surface area contributed by atoms with Gasteiger partial charge in [-0.1, -0.05) is 11.6 Å². The number of alkyl halides is 3. The third-order valence-electron chi connectivity index (χ3n) is 3.90. The number of halogens is 5. The van der Waals surface area contributed by atoms with Crippen molar-refractivity contribution in [3.05, 3.63) is 55.4 Å². The zero-order valence-corrected chi connectivity index (χ0v) is 19.0. The minimum absolute atomic E-state index is 0.0214. The molecule has 3 aromatic heterocycles. The molecule has 0 saturated heterocycles. The Labute approximate surface area is 195 Å². The van der Waals surface area contributed by atoms with Crippen LogP contribution in [-0.4, -0.2) is 31.8 Å². The van der Waals surface area contributed by atoms with E-state index in [1.807, 2.05) is 0 Å². The molecule has 15 heteroatoms. The summed E-state index contributed by atoms with van der Waals surface area (Å²) >= 11 is 9.61. The molecule has 9 nitrogen and oxygen atoms in total. The normalized spacial score (nSPS) is 12.3. The number of pyridine rings is 1. The number of nitrogen functional groups attached to an aromatic ring is 1. The molecule has 0 aliphatic heterocycles. The van der Waals surface area contributed by atoms with Crippen molar-refractivity contribution in [2.45, 2.75) is 19.1 Å². The molecule has 4 N–H and O–H groups in total. The van der Waals surface area contributed by atoms with Crippen LogP contribution in [0.2, 0.25) is 5.02 Å². The Morgan fingerprint density at radius 3 is 2.59 bits per heavy atom. The summed E-state index contributed by atoms with van der Waals surface area (Å²) in [4.78, 5) is 40.3. The number of nitrogens with zero attached hydrogens (tertiary/aromatic N) is 4. The molecule has 0 bridgehead atoms. The molecule has 3 rings (SSSR count). The molecule has 32 heavy (non-hydrogen) atoms. The Morgan fingerprint density at radius 2 is 1.91 bits per heavy atom. The molecule has 0 radical (unpaired) electrons. The van der Waals surface area contributed by atoms with Crippen molar-refractivity contribution >= 4 is 62.3 Å². The smallest absolute Gasteiger partial charge is 0.383 e. The maximum Gasteiger partial charge on any atom is 0.418 e. The van der Waals surface area contributed by atoms with Gasteiger partial charge in [-0.3, -0.25) is 9.59 Å². The van der Waals surface area contributed by atoms with Gasteiger partial charge in [0.15, 0.2) is 0 Å². The van der Waals surface area contributed by atoms with Crippen LogP contribution in [0, 0.1) is 0 Å². The van der Waals surface area contributed by atoms with E-state index in [4.69, 9.17) is 17.3 Å². The summed E-state index contributed by atoms with van der Waals surface area (Å²) in [5, 5.41) is 4.72. The SMILES string of the molecule is CC(NC(=O)c1ncnc(N)c1Br)c1ncc(C(=O)Nc2cc(C(F)(F)F)c(Cl)cn2)s1. The van der Waals surface area contributed by atoms with E-state index < -0.39 is 34.6 Å². The fraction of sp³-hybridized carbons (Fsp3) is 0.176. The molecule has 3 heterocycles. The number of thiazole rings is 1. The van der Waals surface area contributed by atoms with Crippen LogP contribution in [-0.2, 0) is 6.18 Å². The Kier molecular flexibility index (Phi) is 6.95. The molecule has 0 fully saturated rings. The van der Waals surface area contributed by atoms with Gasteiger partial charge >= 0.3 is 6.18 Å². The quantitative estimate of drug-likeness (QED) is 0.435. The van der Waals surface area contributed by atoms with Crippen molar-refractivity contribution in [3.8, 4) is 0 Å². The number of carbonyl (C=O) groups excluding carboxylic acids is 2. The van der Waals surface area contributed by atoms with E-state index in [1.54, 1.807) is 6.92 Å². The molecular formula is C17H12BrClF3N7O2S. The molecule has 0 aliphatic rings. The van der Waals surface area contributed by atoms with Gasteiger partial charge in [0.05, 0.1) is 27.3 Å². The number of carbonyl (C=O) groups is 2. The summed E-state index contributed by atoms with van der Waals surface area (Å²) in [6.45, 7) is 1.63. The summed E-state index contributed by atoms with van der Waals surface area (Å²) < 4.78 is 39.1. The summed E-state index contributed by atoms with van der Waals surface area (Å²) in [7, 11) is 0. The van der Waals surface area contributed by atoms with Crippen LogP contribution in [0.15, 0.2) is 29.3 Å². The van der Waals surface area contributed by atoms with E-state index in [2.05, 4.69) is 46.5 Å². The minimum atomic E-state index is -4.70. The molecule has 1 unspecified atom stereocenters. The third-order valence-corrected chi connectivity index (χ3v) is 6.16. The predicted octanol–water partition coefficient (Wildman–Crippen LogP) is 4.09. The number of hydrogen-bond donors (Lipinski definition) is 3. The van der Waals surface area contributed by atoms with Crippen molar-refractivity contribution in [3.63, 3.8) is 0 Å². The first-order chi connectivity index (χ1) is 15.0. The maximum atomic E-state index is 13.0. The highest BCUT2D eigenvalue weighted by atomic mass is 79.9. The highest BCUT2D eigenvalue weighted by Crippen LogP contribution is 2.35. The van der Waals surface area contributed by atoms with Crippen molar-refractivity contribution in [2.24, 2.45) is 0 Å². The van der Waals surface area contributed by atoms with Gasteiger partial charge in [-0.25, -0.2) is 19.9 Å². The van der Waals surface area contributed by atoms with Gasteiger partial charge in [-0.15, -0.1) is 11.3 Å². The van der Waals surface area contributed by atoms with Crippen LogP contribution < -0.4 is 16.4 Å². The number of anilines is 2. The van der Waals surface area contributed by atoms with Gasteiger partial charge in [0, 0.05) is 6.20 Å². The van der Waals surface area contributed by atoms with E-state index >= 15 is 0 Å². The fourth-order valence-corrected chi connectivity index (χ4v) is 3.77. The highest BCUT2D eigenvalue weighted by Gasteiger charge is 2.34. The van der Waals surface area contributed by atoms with Crippen LogP contribution in [0.25, 0.3) is 0 Å². The summed E-state index contributed by atoms with van der Waals surface area (Å²) in [5.74, 6) is -1.50. The van der Waals surface area contributed by atoms with Crippen molar-refractivity contribution in [1.82, 2.24) is 25.3 Å². The van der Waals surface area contributed by atoms with E-state index in [1.165, 1.54) is 6.20 Å². The Hall–Kier alpha value is -2.84. The number of rotatable bonds is 5. The van der Waals surface area contributed by atoms with Gasteiger partial charge in [0.2, 0.25) is 0 Å². The zero-order chi connectivity index (χ0) is 23.6. The molecule has 0 aliphatic carbocycles. The average molecular weight is 551 g/mol. The number of nitrogens with two attached hydrogens (primary N) is 1. The molecule has 2 amide bonds. The Morgan fingerprint density at radius 1 is 1.19 bits per heavy atom. The molecular weight excluding hydrogens is 539 g/mol. The molecule has 0 aromatic carbocycles. The first-order valence-corrected chi connectivity index (χ1v) is 10.5. The fourth-order valence-electron chi connectivity index (χ4n) is 2.36. The van der Waals surface area contributed by atoms with E-state index in [0.29, 0.717) is 11.1 Å². The number of hydrogen-bond acceptors (Lipinski definition) is 8. The van der Waals surface area contributed by atoms with Crippen LogP contribution in [0.1, 0.15) is 43.7 Å². The first-order valence-electron chi connectivity index (χ1n) is 8.54.